The normalized spacial score (nSPS) is 12.2. The number of carbonyl (C=O) groups is 1. The Kier molecular flexibility index (Phi) is 3.64. The Labute approximate surface area is 111 Å². The summed E-state index contributed by atoms with van der Waals surface area (Å²) in [7, 11) is 1.59. The summed E-state index contributed by atoms with van der Waals surface area (Å²) < 4.78 is 10.4. The molecule has 0 bridgehead atoms. The van der Waals surface area contributed by atoms with Crippen LogP contribution in [0.15, 0.2) is 22.7 Å². The Morgan fingerprint density at radius 1 is 1.42 bits per heavy atom. The number of methoxy groups -OCH3 is 1. The van der Waals surface area contributed by atoms with Gasteiger partial charge in [-0.25, -0.2) is 0 Å². The summed E-state index contributed by atoms with van der Waals surface area (Å²) in [6.07, 6.45) is 0. The highest BCUT2D eigenvalue weighted by molar-refractivity contribution is 5.81. The number of aryl methyl sites for hydroxylation is 1. The zero-order valence-corrected chi connectivity index (χ0v) is 11.4. The van der Waals surface area contributed by atoms with Gasteiger partial charge < -0.3 is 9.26 Å². The highest BCUT2D eigenvalue weighted by atomic mass is 16.5. The molecular weight excluding hydrogens is 244 g/mol. The van der Waals surface area contributed by atoms with Crippen molar-refractivity contribution in [1.29, 1.82) is 0 Å². The molecule has 0 saturated heterocycles. The maximum absolute atomic E-state index is 11.3. The summed E-state index contributed by atoms with van der Waals surface area (Å²) in [5, 5.41) is 3.91. The van der Waals surface area contributed by atoms with Crippen molar-refractivity contribution in [3.05, 3.63) is 29.7 Å². The van der Waals surface area contributed by atoms with E-state index in [4.69, 9.17) is 9.26 Å². The molecule has 5 heteroatoms. The van der Waals surface area contributed by atoms with E-state index in [1.165, 1.54) is 6.92 Å². The molecule has 100 valence electrons. The number of aromatic nitrogens is 2. The molecule has 0 fully saturated rings. The first kappa shape index (κ1) is 13.3. The summed E-state index contributed by atoms with van der Waals surface area (Å²) in [6, 6.07) is 5.73. The van der Waals surface area contributed by atoms with Gasteiger partial charge in [0.25, 0.3) is 0 Å². The van der Waals surface area contributed by atoms with Gasteiger partial charge in [0, 0.05) is 0 Å². The van der Waals surface area contributed by atoms with Crippen LogP contribution in [0.5, 0.6) is 5.75 Å². The minimum atomic E-state index is -0.391. The highest BCUT2D eigenvalue weighted by Gasteiger charge is 2.20. The molecule has 1 atom stereocenters. The van der Waals surface area contributed by atoms with E-state index in [1.807, 2.05) is 25.1 Å². The summed E-state index contributed by atoms with van der Waals surface area (Å²) in [5.74, 6) is 1.04. The molecule has 2 aromatic rings. The van der Waals surface area contributed by atoms with Gasteiger partial charge in [0.1, 0.15) is 11.5 Å². The van der Waals surface area contributed by atoms with Crippen LogP contribution in [-0.2, 0) is 4.79 Å². The number of ether oxygens (including phenoxy) is 1. The fourth-order valence-electron chi connectivity index (χ4n) is 1.68. The molecule has 1 aromatic carbocycles. The summed E-state index contributed by atoms with van der Waals surface area (Å²) >= 11 is 0. The van der Waals surface area contributed by atoms with Crippen molar-refractivity contribution in [3.8, 4) is 17.1 Å². The van der Waals surface area contributed by atoms with Gasteiger partial charge in [-0.15, -0.1) is 0 Å². The number of Topliss-reactive ketones (excluding diaryl/α,β-unsaturated/α-hetero) is 1. The molecule has 1 unspecified atom stereocenters. The third-order valence-corrected chi connectivity index (χ3v) is 3.02. The minimum absolute atomic E-state index is 0.00827. The first-order valence-corrected chi connectivity index (χ1v) is 6.02. The smallest absolute Gasteiger partial charge is 0.237 e. The third-order valence-electron chi connectivity index (χ3n) is 3.02. The predicted octanol–water partition coefficient (Wildman–Crippen LogP) is 2.75. The van der Waals surface area contributed by atoms with Gasteiger partial charge in [0.05, 0.1) is 18.6 Å². The van der Waals surface area contributed by atoms with Gasteiger partial charge in [-0.05, 0) is 38.5 Å². The lowest BCUT2D eigenvalue weighted by Gasteiger charge is -2.05. The van der Waals surface area contributed by atoms with Gasteiger partial charge >= 0.3 is 0 Å². The van der Waals surface area contributed by atoms with E-state index in [-0.39, 0.29) is 5.78 Å². The molecule has 0 amide bonds. The van der Waals surface area contributed by atoms with Crippen LogP contribution >= 0.6 is 0 Å². The topological polar surface area (TPSA) is 65.2 Å². The lowest BCUT2D eigenvalue weighted by Crippen LogP contribution is -2.04. The Morgan fingerprint density at radius 2 is 2.16 bits per heavy atom. The predicted molar refractivity (Wildman–Crippen MR) is 70.1 cm³/mol. The highest BCUT2D eigenvalue weighted by Crippen LogP contribution is 2.29. The van der Waals surface area contributed by atoms with Gasteiger partial charge in [-0.1, -0.05) is 11.2 Å². The maximum atomic E-state index is 11.3. The second kappa shape index (κ2) is 5.22. The summed E-state index contributed by atoms with van der Waals surface area (Å²) in [4.78, 5) is 15.6. The van der Waals surface area contributed by atoms with E-state index < -0.39 is 5.92 Å². The van der Waals surface area contributed by atoms with Crippen molar-refractivity contribution >= 4 is 5.78 Å². The Hall–Kier alpha value is -2.17. The number of carbonyl (C=O) groups excluding carboxylic acids is 1. The second-order valence-electron chi connectivity index (χ2n) is 4.49. The summed E-state index contributed by atoms with van der Waals surface area (Å²) in [5.41, 5.74) is 1.83. The summed E-state index contributed by atoms with van der Waals surface area (Å²) in [6.45, 7) is 5.22. The van der Waals surface area contributed by atoms with Crippen LogP contribution < -0.4 is 4.74 Å². The molecule has 0 aliphatic heterocycles. The fourth-order valence-corrected chi connectivity index (χ4v) is 1.68. The second-order valence-corrected chi connectivity index (χ2v) is 4.49. The van der Waals surface area contributed by atoms with Crippen molar-refractivity contribution in [2.24, 2.45) is 0 Å². The number of nitrogens with zero attached hydrogens (tertiary/aromatic N) is 2. The Balaban J connectivity index is 2.40. The average molecular weight is 260 g/mol. The van der Waals surface area contributed by atoms with E-state index in [9.17, 15) is 4.79 Å². The molecule has 5 nitrogen and oxygen atoms in total. The van der Waals surface area contributed by atoms with Crippen LogP contribution in [-0.4, -0.2) is 23.0 Å². The molecule has 0 radical (unpaired) electrons. The fraction of sp³-hybridized carbons (Fsp3) is 0.357. The van der Waals surface area contributed by atoms with Crippen molar-refractivity contribution in [3.63, 3.8) is 0 Å². The first-order chi connectivity index (χ1) is 9.02. The van der Waals surface area contributed by atoms with E-state index in [1.54, 1.807) is 14.0 Å². The molecule has 1 heterocycles. The molecule has 19 heavy (non-hydrogen) atoms. The van der Waals surface area contributed by atoms with E-state index in [0.29, 0.717) is 17.5 Å². The standard InChI is InChI=1S/C14H16N2O3/c1-8-5-6-11(12(7-8)18-4)13-15-14(19-16-13)9(2)10(3)17/h5-7,9H,1-4H3. The molecular formula is C14H16N2O3. The lowest BCUT2D eigenvalue weighted by molar-refractivity contribution is -0.118. The zero-order chi connectivity index (χ0) is 14.0. The molecule has 2 rings (SSSR count). The number of ketones is 1. The zero-order valence-electron chi connectivity index (χ0n) is 11.4. The van der Waals surface area contributed by atoms with Crippen LogP contribution in [0, 0.1) is 6.92 Å². The molecule has 0 spiro atoms. The van der Waals surface area contributed by atoms with Crippen LogP contribution in [0.25, 0.3) is 11.4 Å². The van der Waals surface area contributed by atoms with Crippen LogP contribution in [0.2, 0.25) is 0 Å². The number of benzene rings is 1. The first-order valence-electron chi connectivity index (χ1n) is 6.02. The maximum Gasteiger partial charge on any atom is 0.237 e. The van der Waals surface area contributed by atoms with Crippen molar-refractivity contribution in [2.45, 2.75) is 26.7 Å². The van der Waals surface area contributed by atoms with Gasteiger partial charge in [-0.2, -0.15) is 4.98 Å². The molecule has 0 saturated carbocycles. The average Bonchev–Trinajstić information content (AvgIpc) is 2.86. The quantitative estimate of drug-likeness (QED) is 0.845. The number of hydrogen-bond acceptors (Lipinski definition) is 5. The van der Waals surface area contributed by atoms with Gasteiger partial charge in [0.2, 0.25) is 11.7 Å². The van der Waals surface area contributed by atoms with E-state index >= 15 is 0 Å². The van der Waals surface area contributed by atoms with Crippen LogP contribution in [0.4, 0.5) is 0 Å². The largest absolute Gasteiger partial charge is 0.496 e. The number of rotatable bonds is 4. The Morgan fingerprint density at radius 3 is 2.79 bits per heavy atom. The number of hydrogen-bond donors (Lipinski definition) is 0. The SMILES string of the molecule is COc1cc(C)ccc1-c1noc(C(C)C(C)=O)n1. The Bertz CT molecular complexity index is 604. The molecule has 0 N–H and O–H groups in total. The van der Waals surface area contributed by atoms with Gasteiger partial charge in [0.15, 0.2) is 0 Å². The lowest BCUT2D eigenvalue weighted by atomic mass is 10.1. The van der Waals surface area contributed by atoms with E-state index in [2.05, 4.69) is 10.1 Å². The monoisotopic (exact) mass is 260 g/mol. The molecule has 1 aromatic heterocycles. The van der Waals surface area contributed by atoms with Crippen LogP contribution in [0.1, 0.15) is 31.2 Å². The van der Waals surface area contributed by atoms with Crippen LogP contribution in [0.3, 0.4) is 0 Å². The van der Waals surface area contributed by atoms with Gasteiger partial charge in [-0.3, -0.25) is 4.79 Å². The molecule has 0 aliphatic carbocycles. The van der Waals surface area contributed by atoms with Crippen molar-refractivity contribution in [2.75, 3.05) is 7.11 Å². The van der Waals surface area contributed by atoms with E-state index in [0.717, 1.165) is 11.1 Å². The molecule has 0 aliphatic rings. The van der Waals surface area contributed by atoms with Crippen molar-refractivity contribution < 1.29 is 14.1 Å². The minimum Gasteiger partial charge on any atom is -0.496 e. The van der Waals surface area contributed by atoms with Crippen molar-refractivity contribution in [1.82, 2.24) is 10.1 Å². The third kappa shape index (κ3) is 2.65.